The molecule has 0 bridgehead atoms. The SMILES string of the molecule is CC(C)OCCCCn1c(CCCl)nc2ccc(Cl)cc21. The average molecular weight is 329 g/mol. The van der Waals surface area contributed by atoms with Crippen LogP contribution in [-0.4, -0.2) is 28.1 Å². The number of benzene rings is 1. The standard InChI is InChI=1S/C16H22Cl2N2O/c1-12(2)21-10-4-3-9-20-15-11-13(18)5-6-14(15)19-16(20)7-8-17/h5-6,11-12H,3-4,7-10H2,1-2H3. The minimum absolute atomic E-state index is 0.296. The molecule has 0 radical (unpaired) electrons. The number of aromatic nitrogens is 2. The summed E-state index contributed by atoms with van der Waals surface area (Å²) >= 11 is 12.0. The molecule has 0 amide bonds. The summed E-state index contributed by atoms with van der Waals surface area (Å²) in [5.74, 6) is 1.61. The number of hydrogen-bond donors (Lipinski definition) is 0. The highest BCUT2D eigenvalue weighted by atomic mass is 35.5. The highest BCUT2D eigenvalue weighted by molar-refractivity contribution is 6.31. The molecule has 0 saturated carbocycles. The van der Waals surface area contributed by atoms with Gasteiger partial charge in [0.25, 0.3) is 0 Å². The molecule has 21 heavy (non-hydrogen) atoms. The monoisotopic (exact) mass is 328 g/mol. The number of aryl methyl sites for hydroxylation is 2. The van der Waals surface area contributed by atoms with Gasteiger partial charge in [0.15, 0.2) is 0 Å². The molecular formula is C16H22Cl2N2O. The molecule has 0 spiro atoms. The summed E-state index contributed by atoms with van der Waals surface area (Å²) in [6.45, 7) is 5.84. The van der Waals surface area contributed by atoms with Gasteiger partial charge in [0, 0.05) is 30.5 Å². The van der Waals surface area contributed by atoms with Gasteiger partial charge in [0.05, 0.1) is 17.1 Å². The number of halogens is 2. The second-order valence-electron chi connectivity index (χ2n) is 5.38. The number of ether oxygens (including phenoxy) is 1. The fraction of sp³-hybridized carbons (Fsp3) is 0.562. The van der Waals surface area contributed by atoms with Crippen LogP contribution in [0.15, 0.2) is 18.2 Å². The number of alkyl halides is 1. The largest absolute Gasteiger partial charge is 0.379 e. The first-order valence-corrected chi connectivity index (χ1v) is 8.35. The number of fused-ring (bicyclic) bond motifs is 1. The Morgan fingerprint density at radius 1 is 1.29 bits per heavy atom. The van der Waals surface area contributed by atoms with Crippen molar-refractivity contribution in [3.05, 3.63) is 29.0 Å². The van der Waals surface area contributed by atoms with Gasteiger partial charge in [-0.25, -0.2) is 4.98 Å². The Morgan fingerprint density at radius 3 is 2.81 bits per heavy atom. The van der Waals surface area contributed by atoms with E-state index < -0.39 is 0 Å². The maximum Gasteiger partial charge on any atom is 0.111 e. The van der Waals surface area contributed by atoms with Gasteiger partial charge in [0.1, 0.15) is 5.82 Å². The minimum atomic E-state index is 0.296. The van der Waals surface area contributed by atoms with Gasteiger partial charge in [-0.1, -0.05) is 11.6 Å². The predicted molar refractivity (Wildman–Crippen MR) is 89.5 cm³/mol. The van der Waals surface area contributed by atoms with Crippen molar-refractivity contribution in [1.82, 2.24) is 9.55 Å². The number of imidazole rings is 1. The fourth-order valence-electron chi connectivity index (χ4n) is 2.36. The molecule has 1 aromatic heterocycles. The Hall–Kier alpha value is -0.770. The topological polar surface area (TPSA) is 27.1 Å². The van der Waals surface area contributed by atoms with E-state index in [1.807, 2.05) is 18.2 Å². The van der Waals surface area contributed by atoms with Gasteiger partial charge in [-0.3, -0.25) is 0 Å². The third-order valence-corrected chi connectivity index (χ3v) is 3.76. The molecule has 5 heteroatoms. The fourth-order valence-corrected chi connectivity index (χ4v) is 2.70. The Labute approximate surface area is 136 Å². The first kappa shape index (κ1) is 16.6. The van der Waals surface area contributed by atoms with Crippen molar-refractivity contribution in [1.29, 1.82) is 0 Å². The lowest BCUT2D eigenvalue weighted by Gasteiger charge is -2.10. The Bertz CT molecular complexity index is 581. The molecule has 0 atom stereocenters. The van der Waals surface area contributed by atoms with Gasteiger partial charge in [-0.15, -0.1) is 11.6 Å². The molecule has 0 unspecified atom stereocenters. The van der Waals surface area contributed by atoms with Crippen LogP contribution in [0.4, 0.5) is 0 Å². The van der Waals surface area contributed by atoms with Gasteiger partial charge in [-0.2, -0.15) is 0 Å². The molecule has 1 aromatic carbocycles. The van der Waals surface area contributed by atoms with Crippen molar-refractivity contribution in [3.63, 3.8) is 0 Å². The number of hydrogen-bond acceptors (Lipinski definition) is 2. The minimum Gasteiger partial charge on any atom is -0.379 e. The van der Waals surface area contributed by atoms with Crippen molar-refractivity contribution in [3.8, 4) is 0 Å². The lowest BCUT2D eigenvalue weighted by Crippen LogP contribution is -2.08. The zero-order valence-corrected chi connectivity index (χ0v) is 14.1. The van der Waals surface area contributed by atoms with E-state index in [2.05, 4.69) is 23.4 Å². The van der Waals surface area contributed by atoms with Crippen molar-refractivity contribution in [2.75, 3.05) is 12.5 Å². The van der Waals surface area contributed by atoms with Gasteiger partial charge < -0.3 is 9.30 Å². The highest BCUT2D eigenvalue weighted by Gasteiger charge is 2.10. The molecule has 0 aliphatic heterocycles. The lowest BCUT2D eigenvalue weighted by molar-refractivity contribution is 0.0754. The first-order chi connectivity index (χ1) is 10.1. The van der Waals surface area contributed by atoms with E-state index in [1.54, 1.807) is 0 Å². The number of unbranched alkanes of at least 4 members (excludes halogenated alkanes) is 1. The smallest absolute Gasteiger partial charge is 0.111 e. The van der Waals surface area contributed by atoms with E-state index in [0.29, 0.717) is 12.0 Å². The maximum atomic E-state index is 6.11. The third kappa shape index (κ3) is 4.60. The second-order valence-corrected chi connectivity index (χ2v) is 6.19. The quantitative estimate of drug-likeness (QED) is 0.519. The lowest BCUT2D eigenvalue weighted by atomic mass is 10.3. The van der Waals surface area contributed by atoms with Crippen LogP contribution < -0.4 is 0 Å². The molecule has 2 rings (SSSR count). The summed E-state index contributed by atoms with van der Waals surface area (Å²) in [6, 6.07) is 5.82. The molecule has 3 nitrogen and oxygen atoms in total. The first-order valence-electron chi connectivity index (χ1n) is 7.44. The van der Waals surface area contributed by atoms with E-state index in [9.17, 15) is 0 Å². The molecule has 1 heterocycles. The van der Waals surface area contributed by atoms with Crippen LogP contribution in [0.5, 0.6) is 0 Å². The van der Waals surface area contributed by atoms with Crippen molar-refractivity contribution in [2.24, 2.45) is 0 Å². The maximum absolute atomic E-state index is 6.11. The zero-order chi connectivity index (χ0) is 15.2. The molecular weight excluding hydrogens is 307 g/mol. The van der Waals surface area contributed by atoms with Crippen LogP contribution in [0.3, 0.4) is 0 Å². The normalized spacial score (nSPS) is 11.7. The van der Waals surface area contributed by atoms with Crippen molar-refractivity contribution < 1.29 is 4.74 Å². The van der Waals surface area contributed by atoms with E-state index in [4.69, 9.17) is 27.9 Å². The Morgan fingerprint density at radius 2 is 2.10 bits per heavy atom. The summed E-state index contributed by atoms with van der Waals surface area (Å²) < 4.78 is 7.81. The summed E-state index contributed by atoms with van der Waals surface area (Å²) in [6.07, 6.45) is 3.17. The van der Waals surface area contributed by atoms with Crippen LogP contribution in [0.25, 0.3) is 11.0 Å². The number of nitrogens with zero attached hydrogens (tertiary/aromatic N) is 2. The predicted octanol–water partition coefficient (Wildman–Crippen LogP) is 4.68. The summed E-state index contributed by atoms with van der Waals surface area (Å²) in [5.41, 5.74) is 2.07. The van der Waals surface area contributed by atoms with Crippen LogP contribution in [-0.2, 0) is 17.7 Å². The Kier molecular flexibility index (Phi) is 6.34. The van der Waals surface area contributed by atoms with Gasteiger partial charge >= 0.3 is 0 Å². The van der Waals surface area contributed by atoms with Crippen LogP contribution >= 0.6 is 23.2 Å². The molecule has 2 aromatic rings. The highest BCUT2D eigenvalue weighted by Crippen LogP contribution is 2.22. The third-order valence-electron chi connectivity index (χ3n) is 3.33. The molecule has 0 saturated heterocycles. The van der Waals surface area contributed by atoms with Gasteiger partial charge in [-0.05, 0) is 44.9 Å². The molecule has 0 aliphatic carbocycles. The second kappa shape index (κ2) is 8.02. The van der Waals surface area contributed by atoms with E-state index in [1.165, 1.54) is 0 Å². The zero-order valence-electron chi connectivity index (χ0n) is 12.6. The van der Waals surface area contributed by atoms with E-state index in [-0.39, 0.29) is 0 Å². The van der Waals surface area contributed by atoms with Crippen LogP contribution in [0, 0.1) is 0 Å². The van der Waals surface area contributed by atoms with E-state index in [0.717, 1.165) is 54.3 Å². The molecule has 116 valence electrons. The molecule has 0 N–H and O–H groups in total. The van der Waals surface area contributed by atoms with Gasteiger partial charge in [0.2, 0.25) is 0 Å². The summed E-state index contributed by atoms with van der Waals surface area (Å²) in [7, 11) is 0. The van der Waals surface area contributed by atoms with E-state index >= 15 is 0 Å². The van der Waals surface area contributed by atoms with Crippen LogP contribution in [0.2, 0.25) is 5.02 Å². The van der Waals surface area contributed by atoms with Crippen LogP contribution in [0.1, 0.15) is 32.5 Å². The van der Waals surface area contributed by atoms with Crippen molar-refractivity contribution in [2.45, 2.75) is 45.8 Å². The summed E-state index contributed by atoms with van der Waals surface area (Å²) in [4.78, 5) is 4.66. The molecule has 0 fully saturated rings. The average Bonchev–Trinajstić information content (AvgIpc) is 2.76. The Balaban J connectivity index is 2.08. The number of rotatable bonds is 8. The molecule has 0 aliphatic rings. The van der Waals surface area contributed by atoms with Crippen molar-refractivity contribution >= 4 is 34.2 Å². The summed E-state index contributed by atoms with van der Waals surface area (Å²) in [5, 5.41) is 0.740.